The Kier molecular flexibility index (Phi) is 5.12. The summed E-state index contributed by atoms with van der Waals surface area (Å²) in [6.07, 6.45) is 0.987. The molecule has 84 valence electrons. The number of benzene rings is 1. The van der Waals surface area contributed by atoms with Gasteiger partial charge in [-0.3, -0.25) is 0 Å². The third-order valence-electron chi connectivity index (χ3n) is 2.20. The lowest BCUT2D eigenvalue weighted by Crippen LogP contribution is -2.25. The number of methoxy groups -OCH3 is 1. The average Bonchev–Trinajstić information content (AvgIpc) is 2.17. The monoisotopic (exact) mass is 271 g/mol. The Morgan fingerprint density at radius 1 is 1.40 bits per heavy atom. The first kappa shape index (κ1) is 12.5. The van der Waals surface area contributed by atoms with Crippen molar-refractivity contribution in [3.63, 3.8) is 0 Å². The lowest BCUT2D eigenvalue weighted by molar-refractivity contribution is 0.406. The van der Waals surface area contributed by atoms with Crippen molar-refractivity contribution in [1.82, 2.24) is 5.32 Å². The molecule has 0 aliphatic rings. The SMILES string of the molecule is COc1c(Br)cccc1CCNC(C)C. The molecule has 3 heteroatoms. The molecule has 0 aliphatic carbocycles. The van der Waals surface area contributed by atoms with Gasteiger partial charge in [0.25, 0.3) is 0 Å². The van der Waals surface area contributed by atoms with Gasteiger partial charge in [-0.1, -0.05) is 26.0 Å². The van der Waals surface area contributed by atoms with Gasteiger partial charge in [0.2, 0.25) is 0 Å². The maximum Gasteiger partial charge on any atom is 0.136 e. The first-order valence-corrected chi connectivity index (χ1v) is 5.99. The Labute approximate surface area is 100 Å². The molecular weight excluding hydrogens is 254 g/mol. The number of rotatable bonds is 5. The maximum atomic E-state index is 5.36. The molecule has 15 heavy (non-hydrogen) atoms. The molecule has 0 atom stereocenters. The number of para-hydroxylation sites is 1. The highest BCUT2D eigenvalue weighted by atomic mass is 79.9. The molecule has 0 unspecified atom stereocenters. The van der Waals surface area contributed by atoms with Crippen LogP contribution in [-0.4, -0.2) is 19.7 Å². The van der Waals surface area contributed by atoms with Crippen LogP contribution in [-0.2, 0) is 6.42 Å². The van der Waals surface area contributed by atoms with Gasteiger partial charge in [-0.15, -0.1) is 0 Å². The molecule has 2 nitrogen and oxygen atoms in total. The number of halogens is 1. The van der Waals surface area contributed by atoms with Crippen LogP contribution in [0.3, 0.4) is 0 Å². The summed E-state index contributed by atoms with van der Waals surface area (Å²) in [5, 5.41) is 3.39. The van der Waals surface area contributed by atoms with E-state index in [1.165, 1.54) is 5.56 Å². The van der Waals surface area contributed by atoms with Crippen molar-refractivity contribution >= 4 is 15.9 Å². The Morgan fingerprint density at radius 2 is 2.13 bits per heavy atom. The molecule has 0 fully saturated rings. The minimum absolute atomic E-state index is 0.531. The fraction of sp³-hybridized carbons (Fsp3) is 0.500. The van der Waals surface area contributed by atoms with E-state index in [9.17, 15) is 0 Å². The van der Waals surface area contributed by atoms with Crippen LogP contribution in [0.15, 0.2) is 22.7 Å². The van der Waals surface area contributed by atoms with Crippen molar-refractivity contribution in [2.24, 2.45) is 0 Å². The molecule has 0 aliphatic heterocycles. The van der Waals surface area contributed by atoms with Crippen molar-refractivity contribution in [2.45, 2.75) is 26.3 Å². The Bertz CT molecular complexity index is 312. The lowest BCUT2D eigenvalue weighted by Gasteiger charge is -2.12. The fourth-order valence-electron chi connectivity index (χ4n) is 1.47. The van der Waals surface area contributed by atoms with Crippen molar-refractivity contribution < 1.29 is 4.74 Å². The number of ether oxygens (including phenoxy) is 1. The molecular formula is C12H18BrNO. The molecule has 1 N–H and O–H groups in total. The van der Waals surface area contributed by atoms with Gasteiger partial charge in [0.1, 0.15) is 5.75 Å². The van der Waals surface area contributed by atoms with E-state index < -0.39 is 0 Å². The fourth-order valence-corrected chi connectivity index (χ4v) is 2.04. The normalized spacial score (nSPS) is 10.7. The predicted molar refractivity (Wildman–Crippen MR) is 67.5 cm³/mol. The van der Waals surface area contributed by atoms with Crippen LogP contribution in [0.5, 0.6) is 5.75 Å². The first-order valence-electron chi connectivity index (χ1n) is 5.20. The van der Waals surface area contributed by atoms with Crippen LogP contribution < -0.4 is 10.1 Å². The lowest BCUT2D eigenvalue weighted by atomic mass is 10.1. The highest BCUT2D eigenvalue weighted by Crippen LogP contribution is 2.28. The highest BCUT2D eigenvalue weighted by molar-refractivity contribution is 9.10. The van der Waals surface area contributed by atoms with Crippen molar-refractivity contribution in [1.29, 1.82) is 0 Å². The van der Waals surface area contributed by atoms with E-state index in [4.69, 9.17) is 4.74 Å². The molecule has 0 aromatic heterocycles. The standard InChI is InChI=1S/C12H18BrNO/c1-9(2)14-8-7-10-5-4-6-11(13)12(10)15-3/h4-6,9,14H,7-8H2,1-3H3. The van der Waals surface area contributed by atoms with Gasteiger partial charge in [0.05, 0.1) is 11.6 Å². The molecule has 0 heterocycles. The minimum Gasteiger partial charge on any atom is -0.495 e. The molecule has 1 rings (SSSR count). The Balaban J connectivity index is 2.64. The van der Waals surface area contributed by atoms with E-state index in [-0.39, 0.29) is 0 Å². The summed E-state index contributed by atoms with van der Waals surface area (Å²) in [4.78, 5) is 0. The summed E-state index contributed by atoms with van der Waals surface area (Å²) >= 11 is 3.48. The second-order valence-corrected chi connectivity index (χ2v) is 4.65. The third kappa shape index (κ3) is 3.84. The zero-order valence-electron chi connectivity index (χ0n) is 9.51. The van der Waals surface area contributed by atoms with Crippen molar-refractivity contribution in [3.8, 4) is 5.75 Å². The molecule has 0 bridgehead atoms. The van der Waals surface area contributed by atoms with Gasteiger partial charge in [-0.05, 0) is 40.5 Å². The smallest absolute Gasteiger partial charge is 0.136 e. The van der Waals surface area contributed by atoms with E-state index in [1.54, 1.807) is 7.11 Å². The van der Waals surface area contributed by atoms with Crippen LogP contribution in [0.4, 0.5) is 0 Å². The van der Waals surface area contributed by atoms with E-state index in [0.717, 1.165) is 23.2 Å². The summed E-state index contributed by atoms with van der Waals surface area (Å²) in [6.45, 7) is 5.28. The summed E-state index contributed by atoms with van der Waals surface area (Å²) in [5.74, 6) is 0.947. The molecule has 0 saturated heterocycles. The first-order chi connectivity index (χ1) is 7.15. The van der Waals surface area contributed by atoms with Crippen LogP contribution in [0.2, 0.25) is 0 Å². The topological polar surface area (TPSA) is 21.3 Å². The second kappa shape index (κ2) is 6.13. The molecule has 0 amide bonds. The quantitative estimate of drug-likeness (QED) is 0.889. The van der Waals surface area contributed by atoms with Crippen LogP contribution in [0.1, 0.15) is 19.4 Å². The second-order valence-electron chi connectivity index (χ2n) is 3.79. The van der Waals surface area contributed by atoms with Gasteiger partial charge < -0.3 is 10.1 Å². The largest absolute Gasteiger partial charge is 0.495 e. The minimum atomic E-state index is 0.531. The summed E-state index contributed by atoms with van der Waals surface area (Å²) in [6, 6.07) is 6.67. The summed E-state index contributed by atoms with van der Waals surface area (Å²) in [5.41, 5.74) is 1.24. The van der Waals surface area contributed by atoms with Gasteiger partial charge in [-0.2, -0.15) is 0 Å². The molecule has 0 saturated carbocycles. The van der Waals surface area contributed by atoms with E-state index in [0.29, 0.717) is 6.04 Å². The van der Waals surface area contributed by atoms with Crippen LogP contribution in [0, 0.1) is 0 Å². The zero-order valence-corrected chi connectivity index (χ0v) is 11.1. The van der Waals surface area contributed by atoms with Crippen molar-refractivity contribution in [2.75, 3.05) is 13.7 Å². The molecule has 1 aromatic carbocycles. The average molecular weight is 272 g/mol. The highest BCUT2D eigenvalue weighted by Gasteiger charge is 2.06. The summed E-state index contributed by atoms with van der Waals surface area (Å²) < 4.78 is 6.38. The Morgan fingerprint density at radius 3 is 2.73 bits per heavy atom. The van der Waals surface area contributed by atoms with E-state index in [1.807, 2.05) is 12.1 Å². The van der Waals surface area contributed by atoms with Crippen molar-refractivity contribution in [3.05, 3.63) is 28.2 Å². The molecule has 0 spiro atoms. The Hall–Kier alpha value is -0.540. The predicted octanol–water partition coefficient (Wildman–Crippen LogP) is 3.00. The third-order valence-corrected chi connectivity index (χ3v) is 2.82. The van der Waals surface area contributed by atoms with Gasteiger partial charge in [-0.25, -0.2) is 0 Å². The van der Waals surface area contributed by atoms with Crippen LogP contribution >= 0.6 is 15.9 Å². The van der Waals surface area contributed by atoms with Gasteiger partial charge in [0.15, 0.2) is 0 Å². The van der Waals surface area contributed by atoms with E-state index >= 15 is 0 Å². The molecule has 0 radical (unpaired) electrons. The maximum absolute atomic E-state index is 5.36. The summed E-state index contributed by atoms with van der Waals surface area (Å²) in [7, 11) is 1.71. The molecule has 1 aromatic rings. The zero-order chi connectivity index (χ0) is 11.3. The number of hydrogen-bond acceptors (Lipinski definition) is 2. The number of nitrogens with one attached hydrogen (secondary N) is 1. The van der Waals surface area contributed by atoms with Gasteiger partial charge >= 0.3 is 0 Å². The van der Waals surface area contributed by atoms with E-state index in [2.05, 4.69) is 41.2 Å². The van der Waals surface area contributed by atoms with Gasteiger partial charge in [0, 0.05) is 6.04 Å². The van der Waals surface area contributed by atoms with Crippen LogP contribution in [0.25, 0.3) is 0 Å². The number of hydrogen-bond donors (Lipinski definition) is 1.